The van der Waals surface area contributed by atoms with Crippen LogP contribution in [0.25, 0.3) is 0 Å². The molecule has 0 aromatic heterocycles. The van der Waals surface area contributed by atoms with Gasteiger partial charge < -0.3 is 9.64 Å². The Bertz CT molecular complexity index is 914. The van der Waals surface area contributed by atoms with Crippen molar-refractivity contribution >= 4 is 15.9 Å². The smallest absolute Gasteiger partial charge is 0.254 e. The van der Waals surface area contributed by atoms with Crippen LogP contribution in [0.4, 0.5) is 0 Å². The van der Waals surface area contributed by atoms with Crippen LogP contribution in [0.15, 0.2) is 59.5 Å². The predicted octanol–water partition coefficient (Wildman–Crippen LogP) is 2.85. The second-order valence-corrected chi connectivity index (χ2v) is 9.10. The van der Waals surface area contributed by atoms with E-state index in [1.165, 1.54) is 17.7 Å². The summed E-state index contributed by atoms with van der Waals surface area (Å²) in [5.41, 5.74) is 1.66. The molecular weight excluding hydrogens is 388 g/mol. The molecule has 7 heteroatoms. The Morgan fingerprint density at radius 1 is 1.17 bits per heavy atom. The number of benzene rings is 2. The van der Waals surface area contributed by atoms with Gasteiger partial charge in [0.05, 0.1) is 17.6 Å². The second-order valence-electron chi connectivity index (χ2n) is 7.39. The number of ether oxygens (including phenoxy) is 1. The Morgan fingerprint density at radius 3 is 2.52 bits per heavy atom. The zero-order chi connectivity index (χ0) is 20.9. The minimum absolute atomic E-state index is 0.0468. The van der Waals surface area contributed by atoms with E-state index in [1.54, 1.807) is 17.0 Å². The number of carbonyl (C=O) groups excluding carboxylic acids is 1. The topological polar surface area (TPSA) is 75.7 Å². The summed E-state index contributed by atoms with van der Waals surface area (Å²) in [6, 6.07) is 16.1. The van der Waals surface area contributed by atoms with Gasteiger partial charge in [-0.1, -0.05) is 37.3 Å². The normalized spacial score (nSPS) is 18.4. The average Bonchev–Trinajstić information content (AvgIpc) is 2.74. The average molecular weight is 417 g/mol. The highest BCUT2D eigenvalue weighted by Crippen LogP contribution is 2.17. The minimum atomic E-state index is -3.58. The molecular formula is C22H28N2O4S. The summed E-state index contributed by atoms with van der Waals surface area (Å²) < 4.78 is 33.2. The molecule has 2 aromatic carbocycles. The van der Waals surface area contributed by atoms with Gasteiger partial charge in [-0.3, -0.25) is 4.79 Å². The van der Waals surface area contributed by atoms with Crippen molar-refractivity contribution < 1.29 is 17.9 Å². The molecule has 0 aliphatic carbocycles. The van der Waals surface area contributed by atoms with E-state index in [1.807, 2.05) is 32.0 Å². The predicted molar refractivity (Wildman–Crippen MR) is 112 cm³/mol. The molecule has 0 spiro atoms. The molecule has 3 rings (SSSR count). The first-order valence-electron chi connectivity index (χ1n) is 9.96. The minimum Gasteiger partial charge on any atom is -0.374 e. The van der Waals surface area contributed by atoms with E-state index in [-0.39, 0.29) is 22.9 Å². The van der Waals surface area contributed by atoms with Gasteiger partial charge in [-0.25, -0.2) is 13.1 Å². The monoisotopic (exact) mass is 416 g/mol. The van der Waals surface area contributed by atoms with Crippen molar-refractivity contribution in [3.05, 3.63) is 65.7 Å². The van der Waals surface area contributed by atoms with Gasteiger partial charge in [-0.15, -0.1) is 0 Å². The zero-order valence-corrected chi connectivity index (χ0v) is 17.7. The lowest BCUT2D eigenvalue weighted by Crippen LogP contribution is -2.46. The van der Waals surface area contributed by atoms with E-state index in [9.17, 15) is 13.2 Å². The molecule has 1 aliphatic rings. The maximum Gasteiger partial charge on any atom is 0.254 e. The third kappa shape index (κ3) is 5.65. The number of rotatable bonds is 7. The van der Waals surface area contributed by atoms with E-state index >= 15 is 0 Å². The van der Waals surface area contributed by atoms with Crippen LogP contribution in [0.1, 0.15) is 36.2 Å². The Labute approximate surface area is 172 Å². The molecule has 1 heterocycles. The summed E-state index contributed by atoms with van der Waals surface area (Å²) in [7, 11) is -3.58. The molecule has 1 fully saturated rings. The number of morpholine rings is 1. The van der Waals surface area contributed by atoms with Crippen LogP contribution >= 0.6 is 0 Å². The van der Waals surface area contributed by atoms with Crippen LogP contribution in [-0.4, -0.2) is 51.1 Å². The van der Waals surface area contributed by atoms with Gasteiger partial charge in [-0.2, -0.15) is 0 Å². The molecule has 0 radical (unpaired) electrons. The highest BCUT2D eigenvalue weighted by Gasteiger charge is 2.26. The largest absolute Gasteiger partial charge is 0.374 e. The quantitative estimate of drug-likeness (QED) is 0.753. The fourth-order valence-electron chi connectivity index (χ4n) is 3.28. The van der Waals surface area contributed by atoms with Crippen LogP contribution in [0, 0.1) is 0 Å². The molecule has 2 aromatic rings. The molecule has 156 valence electrons. The summed E-state index contributed by atoms with van der Waals surface area (Å²) in [5.74, 6) is -0.106. The Kier molecular flexibility index (Phi) is 7.05. The van der Waals surface area contributed by atoms with Crippen molar-refractivity contribution in [1.29, 1.82) is 0 Å². The van der Waals surface area contributed by atoms with Crippen molar-refractivity contribution in [3.8, 4) is 0 Å². The standard InChI is InChI=1S/C22H28N2O4S/c1-3-17(2)23-29(26,27)21-11-9-19(10-12-21)22(25)24-13-14-28-20(16-24)15-18-7-5-4-6-8-18/h4-12,17,20,23H,3,13-16H2,1-2H3. The lowest BCUT2D eigenvalue weighted by atomic mass is 10.1. The number of carbonyl (C=O) groups is 1. The number of amides is 1. The molecule has 1 aliphatic heterocycles. The van der Waals surface area contributed by atoms with E-state index in [0.29, 0.717) is 31.7 Å². The van der Waals surface area contributed by atoms with Crippen molar-refractivity contribution in [2.45, 2.75) is 43.7 Å². The second kappa shape index (κ2) is 9.52. The van der Waals surface area contributed by atoms with Crippen molar-refractivity contribution in [3.63, 3.8) is 0 Å². The number of sulfonamides is 1. The lowest BCUT2D eigenvalue weighted by molar-refractivity contribution is -0.0208. The van der Waals surface area contributed by atoms with Gasteiger partial charge in [0.15, 0.2) is 0 Å². The molecule has 0 saturated carbocycles. The van der Waals surface area contributed by atoms with Gasteiger partial charge in [0.2, 0.25) is 10.0 Å². The van der Waals surface area contributed by atoms with E-state index in [2.05, 4.69) is 16.9 Å². The Morgan fingerprint density at radius 2 is 1.86 bits per heavy atom. The lowest BCUT2D eigenvalue weighted by Gasteiger charge is -2.33. The molecule has 1 amide bonds. The highest BCUT2D eigenvalue weighted by atomic mass is 32.2. The summed E-state index contributed by atoms with van der Waals surface area (Å²) in [5, 5.41) is 0. The summed E-state index contributed by atoms with van der Waals surface area (Å²) in [6.45, 7) is 5.28. The first-order valence-corrected chi connectivity index (χ1v) is 11.4. The van der Waals surface area contributed by atoms with Gasteiger partial charge in [0.1, 0.15) is 0 Å². The summed E-state index contributed by atoms with van der Waals surface area (Å²) >= 11 is 0. The first-order chi connectivity index (χ1) is 13.9. The summed E-state index contributed by atoms with van der Waals surface area (Å²) in [4.78, 5) is 14.8. The van der Waals surface area contributed by atoms with Crippen molar-refractivity contribution in [1.82, 2.24) is 9.62 Å². The zero-order valence-electron chi connectivity index (χ0n) is 16.9. The molecule has 0 bridgehead atoms. The molecule has 2 atom stereocenters. The maximum absolute atomic E-state index is 12.9. The Balaban J connectivity index is 1.65. The number of nitrogens with one attached hydrogen (secondary N) is 1. The van der Waals surface area contributed by atoms with E-state index in [0.717, 1.165) is 6.42 Å². The third-order valence-electron chi connectivity index (χ3n) is 5.11. The fourth-order valence-corrected chi connectivity index (χ4v) is 4.61. The SMILES string of the molecule is CCC(C)NS(=O)(=O)c1ccc(C(=O)N2CCOC(Cc3ccccc3)C2)cc1. The van der Waals surface area contributed by atoms with Crippen LogP contribution < -0.4 is 4.72 Å². The fraction of sp³-hybridized carbons (Fsp3) is 0.409. The number of hydrogen-bond acceptors (Lipinski definition) is 4. The molecule has 6 nitrogen and oxygen atoms in total. The molecule has 1 N–H and O–H groups in total. The first kappa shape index (κ1) is 21.5. The van der Waals surface area contributed by atoms with Gasteiger partial charge in [-0.05, 0) is 43.2 Å². The van der Waals surface area contributed by atoms with Gasteiger partial charge in [0.25, 0.3) is 5.91 Å². The van der Waals surface area contributed by atoms with Gasteiger partial charge in [0, 0.05) is 31.1 Å². The van der Waals surface area contributed by atoms with Crippen LogP contribution in [-0.2, 0) is 21.2 Å². The van der Waals surface area contributed by atoms with E-state index < -0.39 is 10.0 Å². The van der Waals surface area contributed by atoms with Crippen LogP contribution in [0.3, 0.4) is 0 Å². The summed E-state index contributed by atoms with van der Waals surface area (Å²) in [6.07, 6.45) is 1.41. The van der Waals surface area contributed by atoms with Crippen LogP contribution in [0.5, 0.6) is 0 Å². The maximum atomic E-state index is 12.9. The van der Waals surface area contributed by atoms with Crippen molar-refractivity contribution in [2.75, 3.05) is 19.7 Å². The highest BCUT2D eigenvalue weighted by molar-refractivity contribution is 7.89. The van der Waals surface area contributed by atoms with E-state index in [4.69, 9.17) is 4.74 Å². The Hall–Kier alpha value is -2.22. The molecule has 1 saturated heterocycles. The van der Waals surface area contributed by atoms with Crippen molar-refractivity contribution in [2.24, 2.45) is 0 Å². The number of hydrogen-bond donors (Lipinski definition) is 1. The molecule has 29 heavy (non-hydrogen) atoms. The van der Waals surface area contributed by atoms with Gasteiger partial charge >= 0.3 is 0 Å². The van der Waals surface area contributed by atoms with Crippen LogP contribution in [0.2, 0.25) is 0 Å². The third-order valence-corrected chi connectivity index (χ3v) is 6.72. The molecule has 2 unspecified atom stereocenters. The number of nitrogens with zero attached hydrogens (tertiary/aromatic N) is 1.